The zero-order chi connectivity index (χ0) is 15.7. The van der Waals surface area contributed by atoms with Crippen molar-refractivity contribution in [3.63, 3.8) is 0 Å². The van der Waals surface area contributed by atoms with E-state index in [1.807, 2.05) is 51.1 Å². The van der Waals surface area contributed by atoms with Crippen molar-refractivity contribution in [3.05, 3.63) is 35.9 Å². The molecule has 0 saturated heterocycles. The minimum atomic E-state index is -0.501. The molecule has 0 fully saturated rings. The number of unbranched alkanes of at least 4 members (excludes halogenated alkanes) is 2. The Balaban J connectivity index is 2.65. The Morgan fingerprint density at radius 2 is 1.90 bits per heavy atom. The standard InChI is InChI=1S/C17H24N2O2/c1-17(2,3)21-16(20)19(13-9-5-8-12-18)14-15-10-6-4-7-11-15/h4,6-7,10-11H,5,8-9,13-14H2,1-3H3. The minimum absolute atomic E-state index is 0.302. The number of amides is 1. The monoisotopic (exact) mass is 288 g/mol. The summed E-state index contributed by atoms with van der Waals surface area (Å²) >= 11 is 0. The second-order valence-electron chi connectivity index (χ2n) is 6.00. The van der Waals surface area contributed by atoms with Crippen LogP contribution in [0.25, 0.3) is 0 Å². The summed E-state index contributed by atoms with van der Waals surface area (Å²) in [6.45, 7) is 6.72. The zero-order valence-corrected chi connectivity index (χ0v) is 13.1. The first-order chi connectivity index (χ1) is 9.92. The third kappa shape index (κ3) is 7.36. The molecule has 0 N–H and O–H groups in total. The molecule has 1 amide bonds. The van der Waals surface area contributed by atoms with Gasteiger partial charge in [0.2, 0.25) is 0 Å². The summed E-state index contributed by atoms with van der Waals surface area (Å²) in [6, 6.07) is 12.0. The molecule has 0 saturated carbocycles. The highest BCUT2D eigenvalue weighted by atomic mass is 16.6. The number of benzene rings is 1. The summed E-state index contributed by atoms with van der Waals surface area (Å²) in [4.78, 5) is 14.0. The molecule has 0 aliphatic heterocycles. The third-order valence-electron chi connectivity index (χ3n) is 2.83. The highest BCUT2D eigenvalue weighted by Gasteiger charge is 2.21. The highest BCUT2D eigenvalue weighted by Crippen LogP contribution is 2.13. The Hall–Kier alpha value is -2.02. The predicted octanol–water partition coefficient (Wildman–Crippen LogP) is 4.12. The van der Waals surface area contributed by atoms with Gasteiger partial charge in [0.25, 0.3) is 0 Å². The molecular formula is C17H24N2O2. The average Bonchev–Trinajstić information content (AvgIpc) is 2.41. The molecule has 1 rings (SSSR count). The van der Waals surface area contributed by atoms with Gasteiger partial charge in [-0.1, -0.05) is 30.3 Å². The number of hydrogen-bond donors (Lipinski definition) is 0. The maximum absolute atomic E-state index is 12.3. The maximum Gasteiger partial charge on any atom is 0.410 e. The van der Waals surface area contributed by atoms with E-state index in [0.717, 1.165) is 18.4 Å². The predicted molar refractivity (Wildman–Crippen MR) is 82.6 cm³/mol. The van der Waals surface area contributed by atoms with Crippen LogP contribution >= 0.6 is 0 Å². The van der Waals surface area contributed by atoms with E-state index in [4.69, 9.17) is 10.00 Å². The number of nitrogens with zero attached hydrogens (tertiary/aromatic N) is 2. The SMILES string of the molecule is CC(C)(C)OC(=O)N(CCCCC#N)Cc1ccccc1. The molecule has 0 heterocycles. The van der Waals surface area contributed by atoms with Crippen molar-refractivity contribution in [2.45, 2.75) is 52.2 Å². The quantitative estimate of drug-likeness (QED) is 0.740. The van der Waals surface area contributed by atoms with E-state index in [0.29, 0.717) is 19.5 Å². The second kappa shape index (κ2) is 8.31. The average molecular weight is 288 g/mol. The van der Waals surface area contributed by atoms with Crippen molar-refractivity contribution in [1.82, 2.24) is 4.90 Å². The summed E-state index contributed by atoms with van der Waals surface area (Å²) in [7, 11) is 0. The lowest BCUT2D eigenvalue weighted by molar-refractivity contribution is 0.0230. The maximum atomic E-state index is 12.3. The van der Waals surface area contributed by atoms with Gasteiger partial charge in [-0.05, 0) is 39.2 Å². The topological polar surface area (TPSA) is 53.3 Å². The van der Waals surface area contributed by atoms with Gasteiger partial charge in [-0.3, -0.25) is 0 Å². The number of ether oxygens (including phenoxy) is 1. The minimum Gasteiger partial charge on any atom is -0.444 e. The Morgan fingerprint density at radius 3 is 2.48 bits per heavy atom. The second-order valence-corrected chi connectivity index (χ2v) is 6.00. The van der Waals surface area contributed by atoms with Gasteiger partial charge < -0.3 is 9.64 Å². The lowest BCUT2D eigenvalue weighted by atomic mass is 10.2. The van der Waals surface area contributed by atoms with Crippen LogP contribution in [-0.4, -0.2) is 23.1 Å². The molecule has 114 valence electrons. The van der Waals surface area contributed by atoms with Crippen LogP contribution in [0.15, 0.2) is 30.3 Å². The first-order valence-electron chi connectivity index (χ1n) is 7.31. The van der Waals surface area contributed by atoms with Crippen molar-refractivity contribution in [3.8, 4) is 6.07 Å². The molecule has 4 heteroatoms. The molecular weight excluding hydrogens is 264 g/mol. The summed E-state index contributed by atoms with van der Waals surface area (Å²) in [5.41, 5.74) is 0.572. The summed E-state index contributed by atoms with van der Waals surface area (Å²) in [5.74, 6) is 0. The van der Waals surface area contributed by atoms with Crippen LogP contribution in [0, 0.1) is 11.3 Å². The molecule has 0 aliphatic carbocycles. The molecule has 1 aromatic rings. The zero-order valence-electron chi connectivity index (χ0n) is 13.1. The molecule has 0 unspecified atom stereocenters. The summed E-state index contributed by atoms with van der Waals surface area (Å²) < 4.78 is 5.45. The highest BCUT2D eigenvalue weighted by molar-refractivity contribution is 5.68. The Bertz CT molecular complexity index is 472. The molecule has 1 aromatic carbocycles. The van der Waals surface area contributed by atoms with Crippen LogP contribution in [0.5, 0.6) is 0 Å². The van der Waals surface area contributed by atoms with Gasteiger partial charge in [-0.2, -0.15) is 5.26 Å². The van der Waals surface area contributed by atoms with Crippen LogP contribution in [0.4, 0.5) is 4.79 Å². The largest absolute Gasteiger partial charge is 0.444 e. The lowest BCUT2D eigenvalue weighted by Gasteiger charge is -2.27. The van der Waals surface area contributed by atoms with Crippen molar-refractivity contribution in [2.24, 2.45) is 0 Å². The van der Waals surface area contributed by atoms with Crippen LogP contribution in [0.2, 0.25) is 0 Å². The van der Waals surface area contributed by atoms with E-state index in [9.17, 15) is 4.79 Å². The Labute approximate surface area is 127 Å². The lowest BCUT2D eigenvalue weighted by Crippen LogP contribution is -2.37. The van der Waals surface area contributed by atoms with Crippen LogP contribution in [0.3, 0.4) is 0 Å². The van der Waals surface area contributed by atoms with Gasteiger partial charge >= 0.3 is 6.09 Å². The van der Waals surface area contributed by atoms with Gasteiger partial charge in [-0.25, -0.2) is 4.79 Å². The van der Waals surface area contributed by atoms with Crippen molar-refractivity contribution < 1.29 is 9.53 Å². The fourth-order valence-electron chi connectivity index (χ4n) is 1.87. The van der Waals surface area contributed by atoms with Crippen molar-refractivity contribution >= 4 is 6.09 Å². The van der Waals surface area contributed by atoms with E-state index >= 15 is 0 Å². The van der Waals surface area contributed by atoms with Gasteiger partial charge in [-0.15, -0.1) is 0 Å². The van der Waals surface area contributed by atoms with Gasteiger partial charge in [0.05, 0.1) is 6.07 Å². The molecule has 0 aliphatic rings. The fourth-order valence-corrected chi connectivity index (χ4v) is 1.87. The number of rotatable bonds is 6. The van der Waals surface area contributed by atoms with Crippen LogP contribution in [-0.2, 0) is 11.3 Å². The normalized spacial score (nSPS) is 10.8. The Morgan fingerprint density at radius 1 is 1.24 bits per heavy atom. The van der Waals surface area contributed by atoms with Gasteiger partial charge in [0.15, 0.2) is 0 Å². The number of nitriles is 1. The molecule has 0 bridgehead atoms. The van der Waals surface area contributed by atoms with Gasteiger partial charge in [0.1, 0.15) is 5.60 Å². The Kier molecular flexibility index (Phi) is 6.74. The van der Waals surface area contributed by atoms with Crippen LogP contribution < -0.4 is 0 Å². The number of carbonyl (C=O) groups excluding carboxylic acids is 1. The molecule has 0 aromatic heterocycles. The van der Waals surface area contributed by atoms with Crippen molar-refractivity contribution in [2.75, 3.05) is 6.54 Å². The number of carbonyl (C=O) groups is 1. The van der Waals surface area contributed by atoms with Gasteiger partial charge in [0, 0.05) is 19.5 Å². The first kappa shape index (κ1) is 17.0. The van der Waals surface area contributed by atoms with E-state index in [2.05, 4.69) is 6.07 Å². The van der Waals surface area contributed by atoms with E-state index < -0.39 is 5.60 Å². The summed E-state index contributed by atoms with van der Waals surface area (Å²) in [6.07, 6.45) is 1.82. The molecule has 0 radical (unpaired) electrons. The molecule has 0 spiro atoms. The molecule has 0 atom stereocenters. The van der Waals surface area contributed by atoms with E-state index in [-0.39, 0.29) is 6.09 Å². The molecule has 4 nitrogen and oxygen atoms in total. The van der Waals surface area contributed by atoms with Crippen LogP contribution in [0.1, 0.15) is 45.6 Å². The summed E-state index contributed by atoms with van der Waals surface area (Å²) in [5, 5.41) is 8.57. The third-order valence-corrected chi connectivity index (χ3v) is 2.83. The van der Waals surface area contributed by atoms with E-state index in [1.54, 1.807) is 4.90 Å². The van der Waals surface area contributed by atoms with E-state index in [1.165, 1.54) is 0 Å². The smallest absolute Gasteiger partial charge is 0.410 e. The first-order valence-corrected chi connectivity index (χ1v) is 7.31. The molecule has 21 heavy (non-hydrogen) atoms. The number of hydrogen-bond acceptors (Lipinski definition) is 3. The van der Waals surface area contributed by atoms with Crippen molar-refractivity contribution in [1.29, 1.82) is 5.26 Å². The fraction of sp³-hybridized carbons (Fsp3) is 0.529.